The maximum Gasteiger partial charge on any atom is 0.228 e. The number of thiophene rings is 1. The average molecular weight is 258 g/mol. The smallest absolute Gasteiger partial charge is 0.211 e. The van der Waals surface area contributed by atoms with Crippen LogP contribution in [-0.4, -0.2) is 13.7 Å². The van der Waals surface area contributed by atoms with Gasteiger partial charge in [0.25, 0.3) is 0 Å². The van der Waals surface area contributed by atoms with Gasteiger partial charge < -0.3 is 0 Å². The van der Waals surface area contributed by atoms with Gasteiger partial charge >= 0.3 is 0 Å². The number of hydrogen-bond acceptors (Lipinski definition) is 4. The monoisotopic (exact) mass is 258 g/mol. The topological polar surface area (TPSA) is 70.0 Å². The van der Waals surface area contributed by atoms with E-state index >= 15 is 0 Å². The molecule has 0 aliphatic heterocycles. The van der Waals surface area contributed by atoms with Crippen LogP contribution in [0.25, 0.3) is 0 Å². The van der Waals surface area contributed by atoms with Crippen LogP contribution in [0.5, 0.6) is 0 Å². The Morgan fingerprint density at radius 1 is 1.44 bits per heavy atom. The molecule has 0 amide bonds. The Morgan fingerprint density at radius 2 is 2.06 bits per heavy atom. The molecule has 2 atom stereocenters. The maximum absolute atomic E-state index is 11.6. The van der Waals surface area contributed by atoms with Gasteiger partial charge in [0, 0.05) is 9.75 Å². The van der Waals surface area contributed by atoms with E-state index in [4.69, 9.17) is 5.26 Å². The lowest BCUT2D eigenvalue weighted by molar-refractivity contribution is 0.564. The van der Waals surface area contributed by atoms with Crippen LogP contribution in [0.2, 0.25) is 0 Å². The van der Waals surface area contributed by atoms with Gasteiger partial charge in [-0.15, -0.1) is 11.3 Å². The van der Waals surface area contributed by atoms with Crippen molar-refractivity contribution in [3.8, 4) is 6.07 Å². The zero-order valence-corrected chi connectivity index (χ0v) is 11.0. The summed E-state index contributed by atoms with van der Waals surface area (Å²) >= 11 is 1.55. The second-order valence-electron chi connectivity index (χ2n) is 3.60. The van der Waals surface area contributed by atoms with Crippen molar-refractivity contribution in [2.75, 3.05) is 0 Å². The molecule has 2 unspecified atom stereocenters. The summed E-state index contributed by atoms with van der Waals surface area (Å²) in [7, 11) is -3.55. The summed E-state index contributed by atoms with van der Waals surface area (Å²) in [6.07, 6.45) is 0. The van der Waals surface area contributed by atoms with Crippen LogP contribution in [0, 0.1) is 18.3 Å². The van der Waals surface area contributed by atoms with E-state index < -0.39 is 15.3 Å². The molecule has 0 aliphatic carbocycles. The fraction of sp³-hybridized carbons (Fsp3) is 0.500. The summed E-state index contributed by atoms with van der Waals surface area (Å²) in [6, 6.07) is 5.26. The summed E-state index contributed by atoms with van der Waals surface area (Å²) in [5, 5.41) is 7.56. The average Bonchev–Trinajstić information content (AvgIpc) is 2.63. The summed E-state index contributed by atoms with van der Waals surface area (Å²) in [5.41, 5.74) is 0. The summed E-state index contributed by atoms with van der Waals surface area (Å²) in [4.78, 5) is 2.08. The van der Waals surface area contributed by atoms with Crippen LogP contribution in [0.1, 0.15) is 29.6 Å². The molecule has 16 heavy (non-hydrogen) atoms. The van der Waals surface area contributed by atoms with Crippen molar-refractivity contribution in [2.45, 2.75) is 32.1 Å². The highest BCUT2D eigenvalue weighted by Crippen LogP contribution is 2.23. The van der Waals surface area contributed by atoms with Crippen LogP contribution in [-0.2, 0) is 10.0 Å². The first-order chi connectivity index (χ1) is 7.36. The molecule has 0 spiro atoms. The maximum atomic E-state index is 11.6. The van der Waals surface area contributed by atoms with Crippen LogP contribution < -0.4 is 4.72 Å². The molecule has 0 saturated heterocycles. The Kier molecular flexibility index (Phi) is 4.08. The second-order valence-corrected chi connectivity index (χ2v) is 6.96. The predicted octanol–water partition coefficient (Wildman–Crippen LogP) is 1.95. The first kappa shape index (κ1) is 13.2. The Bertz CT molecular complexity index is 499. The largest absolute Gasteiger partial charge is 0.228 e. The van der Waals surface area contributed by atoms with Gasteiger partial charge in [-0.2, -0.15) is 5.26 Å². The molecule has 4 nitrogen and oxygen atoms in total. The van der Waals surface area contributed by atoms with Gasteiger partial charge in [0.05, 0.1) is 12.1 Å². The lowest BCUT2D eigenvalue weighted by Gasteiger charge is -2.13. The highest BCUT2D eigenvalue weighted by molar-refractivity contribution is 7.90. The normalized spacial score (nSPS) is 15.4. The lowest BCUT2D eigenvalue weighted by Crippen LogP contribution is -2.33. The molecule has 0 saturated carbocycles. The van der Waals surface area contributed by atoms with Crippen LogP contribution in [0.15, 0.2) is 12.1 Å². The SMILES string of the molecule is Cc1ccc(C(C)NS(=O)(=O)C(C)C#N)s1. The molecule has 1 aromatic heterocycles. The molecule has 1 heterocycles. The van der Waals surface area contributed by atoms with Crippen molar-refractivity contribution in [3.63, 3.8) is 0 Å². The number of rotatable bonds is 4. The van der Waals surface area contributed by atoms with E-state index in [0.717, 1.165) is 9.75 Å². The minimum atomic E-state index is -3.55. The zero-order valence-electron chi connectivity index (χ0n) is 9.39. The first-order valence-corrected chi connectivity index (χ1v) is 7.20. The van der Waals surface area contributed by atoms with E-state index in [1.54, 1.807) is 24.3 Å². The van der Waals surface area contributed by atoms with Crippen molar-refractivity contribution in [1.82, 2.24) is 4.72 Å². The third-order valence-electron chi connectivity index (χ3n) is 2.18. The summed E-state index contributed by atoms with van der Waals surface area (Å²) in [6.45, 7) is 5.11. The molecule has 0 radical (unpaired) electrons. The molecular formula is C10H14N2O2S2. The first-order valence-electron chi connectivity index (χ1n) is 4.84. The van der Waals surface area contributed by atoms with Gasteiger partial charge in [-0.1, -0.05) is 0 Å². The number of nitriles is 1. The van der Waals surface area contributed by atoms with Crippen molar-refractivity contribution < 1.29 is 8.42 Å². The molecule has 88 valence electrons. The van der Waals surface area contributed by atoms with E-state index in [0.29, 0.717) is 0 Å². The Balaban J connectivity index is 2.80. The Hall–Kier alpha value is -0.900. The van der Waals surface area contributed by atoms with Gasteiger partial charge in [-0.05, 0) is 32.9 Å². The highest BCUT2D eigenvalue weighted by atomic mass is 32.2. The van der Waals surface area contributed by atoms with Gasteiger partial charge in [-0.25, -0.2) is 13.1 Å². The quantitative estimate of drug-likeness (QED) is 0.897. The molecule has 0 bridgehead atoms. The molecule has 0 aromatic carbocycles. The van der Waals surface area contributed by atoms with Gasteiger partial charge in [-0.3, -0.25) is 0 Å². The van der Waals surface area contributed by atoms with E-state index in [2.05, 4.69) is 4.72 Å². The fourth-order valence-electron chi connectivity index (χ4n) is 1.16. The minimum absolute atomic E-state index is 0.292. The molecule has 0 fully saturated rings. The zero-order chi connectivity index (χ0) is 12.3. The highest BCUT2D eigenvalue weighted by Gasteiger charge is 2.23. The predicted molar refractivity (Wildman–Crippen MR) is 64.6 cm³/mol. The van der Waals surface area contributed by atoms with Crippen LogP contribution >= 0.6 is 11.3 Å². The van der Waals surface area contributed by atoms with E-state index in [-0.39, 0.29) is 6.04 Å². The second kappa shape index (κ2) is 4.95. The number of nitrogens with one attached hydrogen (secondary N) is 1. The number of hydrogen-bond donors (Lipinski definition) is 1. The van der Waals surface area contributed by atoms with Crippen LogP contribution in [0.3, 0.4) is 0 Å². The fourth-order valence-corrected chi connectivity index (χ4v) is 3.08. The van der Waals surface area contributed by atoms with E-state index in [1.165, 1.54) is 6.92 Å². The van der Waals surface area contributed by atoms with Gasteiger partial charge in [0.15, 0.2) is 5.25 Å². The van der Waals surface area contributed by atoms with E-state index in [9.17, 15) is 8.42 Å². The van der Waals surface area contributed by atoms with Crippen LogP contribution in [0.4, 0.5) is 0 Å². The molecular weight excluding hydrogens is 244 g/mol. The number of nitrogens with zero attached hydrogens (tertiary/aromatic N) is 1. The summed E-state index contributed by atoms with van der Waals surface area (Å²) in [5.74, 6) is 0. The molecule has 1 N–H and O–H groups in total. The number of sulfonamides is 1. The van der Waals surface area contributed by atoms with Crippen molar-refractivity contribution in [1.29, 1.82) is 5.26 Å². The van der Waals surface area contributed by atoms with Crippen molar-refractivity contribution in [2.24, 2.45) is 0 Å². The molecule has 6 heteroatoms. The molecule has 0 aliphatic rings. The van der Waals surface area contributed by atoms with Gasteiger partial charge in [0.1, 0.15) is 0 Å². The Morgan fingerprint density at radius 3 is 2.50 bits per heavy atom. The van der Waals surface area contributed by atoms with Crippen molar-refractivity contribution in [3.05, 3.63) is 21.9 Å². The van der Waals surface area contributed by atoms with Gasteiger partial charge in [0.2, 0.25) is 10.0 Å². The standard InChI is InChI=1S/C10H14N2O2S2/c1-7-4-5-10(15-7)9(3)12-16(13,14)8(2)6-11/h4-5,8-9,12H,1-3H3. The summed E-state index contributed by atoms with van der Waals surface area (Å²) < 4.78 is 25.7. The lowest BCUT2D eigenvalue weighted by atomic mass is 10.3. The van der Waals surface area contributed by atoms with E-state index in [1.807, 2.05) is 19.1 Å². The number of aryl methyl sites for hydroxylation is 1. The molecule has 1 aromatic rings. The third kappa shape index (κ3) is 3.04. The van der Waals surface area contributed by atoms with Crippen molar-refractivity contribution >= 4 is 21.4 Å². The minimum Gasteiger partial charge on any atom is -0.211 e. The third-order valence-corrected chi connectivity index (χ3v) is 5.08. The Labute approximate surface area is 100.0 Å². The molecule has 1 rings (SSSR count).